The highest BCUT2D eigenvalue weighted by Gasteiger charge is 2.28. The van der Waals surface area contributed by atoms with Gasteiger partial charge in [-0.15, -0.1) is 0 Å². The van der Waals surface area contributed by atoms with Crippen LogP contribution in [0.4, 0.5) is 4.39 Å². The normalized spacial score (nSPS) is 15.4. The van der Waals surface area contributed by atoms with E-state index in [1.807, 2.05) is 0 Å². The molecule has 0 spiro atoms. The lowest BCUT2D eigenvalue weighted by Gasteiger charge is -2.24. The lowest BCUT2D eigenvalue weighted by atomic mass is 9.97. The zero-order valence-corrected chi connectivity index (χ0v) is 15.5. The zero-order valence-electron chi connectivity index (χ0n) is 14.8. The lowest BCUT2D eigenvalue weighted by molar-refractivity contribution is -0.156. The summed E-state index contributed by atoms with van der Waals surface area (Å²) in [6, 6.07) is 11.3. The van der Waals surface area contributed by atoms with Crippen molar-refractivity contribution in [1.82, 2.24) is 4.90 Å². The first-order chi connectivity index (χ1) is 12.9. The minimum Gasteiger partial charge on any atom is -0.492 e. The minimum atomic E-state index is -0.492. The molecular formula is C20H19ClFNO4. The summed E-state index contributed by atoms with van der Waals surface area (Å²) in [4.78, 5) is 25.8. The van der Waals surface area contributed by atoms with Crippen molar-refractivity contribution in [3.8, 4) is 5.75 Å². The van der Waals surface area contributed by atoms with Gasteiger partial charge in [-0.25, -0.2) is 4.39 Å². The number of halogens is 2. The first-order valence-electron chi connectivity index (χ1n) is 8.48. The van der Waals surface area contributed by atoms with Gasteiger partial charge in [-0.05, 0) is 47.9 Å². The third-order valence-electron chi connectivity index (χ3n) is 4.33. The smallest absolute Gasteiger partial charge is 0.313 e. The Morgan fingerprint density at radius 1 is 1.30 bits per heavy atom. The predicted molar refractivity (Wildman–Crippen MR) is 98.0 cm³/mol. The Morgan fingerprint density at radius 3 is 2.89 bits per heavy atom. The van der Waals surface area contributed by atoms with Crippen LogP contribution in [0.25, 0.3) is 0 Å². The molecule has 2 aromatic rings. The van der Waals surface area contributed by atoms with E-state index in [4.69, 9.17) is 21.1 Å². The summed E-state index contributed by atoms with van der Waals surface area (Å²) in [5.41, 5.74) is 1.50. The van der Waals surface area contributed by atoms with Gasteiger partial charge in [0, 0.05) is 18.6 Å². The van der Waals surface area contributed by atoms with E-state index < -0.39 is 11.9 Å². The number of amides is 1. The molecule has 1 heterocycles. The van der Waals surface area contributed by atoms with Crippen molar-refractivity contribution in [1.29, 1.82) is 0 Å². The van der Waals surface area contributed by atoms with Gasteiger partial charge in [0.05, 0.1) is 5.92 Å². The van der Waals surface area contributed by atoms with Gasteiger partial charge in [0.15, 0.2) is 6.61 Å². The van der Waals surface area contributed by atoms with Gasteiger partial charge in [0.1, 0.15) is 18.2 Å². The number of nitrogens with zero attached hydrogens (tertiary/aromatic N) is 1. The molecule has 1 aliphatic rings. The van der Waals surface area contributed by atoms with Crippen LogP contribution in [0.3, 0.4) is 0 Å². The monoisotopic (exact) mass is 391 g/mol. The largest absolute Gasteiger partial charge is 0.492 e. The Bertz CT molecular complexity index is 858. The number of hydrogen-bond donors (Lipinski definition) is 0. The number of benzene rings is 2. The number of likely N-dealkylation sites (N-methyl/N-ethyl adjacent to an activating group) is 1. The number of esters is 1. The van der Waals surface area contributed by atoms with Crippen LogP contribution >= 0.6 is 11.6 Å². The van der Waals surface area contributed by atoms with Crippen molar-refractivity contribution in [2.24, 2.45) is 5.92 Å². The van der Waals surface area contributed by atoms with Crippen LogP contribution in [0.2, 0.25) is 5.02 Å². The average Bonchev–Trinajstić information content (AvgIpc) is 2.65. The second-order valence-electron chi connectivity index (χ2n) is 6.45. The number of carbonyl (C=O) groups excluding carboxylic acids is 2. The SMILES string of the molecule is CN(Cc1cccc(F)c1)C(=O)COC(=O)C1COc2ccc(Cl)cc2C1. The number of ether oxygens (including phenoxy) is 2. The Balaban J connectivity index is 1.50. The van der Waals surface area contributed by atoms with Crippen LogP contribution in [0.1, 0.15) is 11.1 Å². The highest BCUT2D eigenvalue weighted by Crippen LogP contribution is 2.30. The van der Waals surface area contributed by atoms with Gasteiger partial charge in [0.2, 0.25) is 0 Å². The molecule has 0 radical (unpaired) electrons. The zero-order chi connectivity index (χ0) is 19.4. The second kappa shape index (κ2) is 8.39. The molecule has 1 aliphatic heterocycles. The number of rotatable bonds is 5. The molecule has 3 rings (SSSR count). The molecule has 1 unspecified atom stereocenters. The molecule has 142 valence electrons. The summed E-state index contributed by atoms with van der Waals surface area (Å²) in [7, 11) is 1.57. The first-order valence-corrected chi connectivity index (χ1v) is 8.86. The van der Waals surface area contributed by atoms with E-state index in [1.54, 1.807) is 37.4 Å². The van der Waals surface area contributed by atoms with Gasteiger partial charge in [-0.3, -0.25) is 9.59 Å². The van der Waals surface area contributed by atoms with Crippen LogP contribution in [0.15, 0.2) is 42.5 Å². The second-order valence-corrected chi connectivity index (χ2v) is 6.89. The Morgan fingerprint density at radius 2 is 2.11 bits per heavy atom. The summed E-state index contributed by atoms with van der Waals surface area (Å²) in [6.45, 7) is 0.0525. The maximum Gasteiger partial charge on any atom is 0.313 e. The molecule has 5 nitrogen and oxygen atoms in total. The van der Waals surface area contributed by atoms with E-state index >= 15 is 0 Å². The van der Waals surface area contributed by atoms with Gasteiger partial charge < -0.3 is 14.4 Å². The molecule has 1 atom stereocenters. The van der Waals surface area contributed by atoms with E-state index in [0.717, 1.165) is 5.56 Å². The highest BCUT2D eigenvalue weighted by atomic mass is 35.5. The summed E-state index contributed by atoms with van der Waals surface area (Å²) in [5.74, 6) is -1.01. The van der Waals surface area contributed by atoms with Crippen LogP contribution in [-0.4, -0.2) is 37.0 Å². The van der Waals surface area contributed by atoms with Gasteiger partial charge in [0.25, 0.3) is 5.91 Å². The van der Waals surface area contributed by atoms with Gasteiger partial charge in [-0.1, -0.05) is 23.7 Å². The molecule has 0 N–H and O–H groups in total. The average molecular weight is 392 g/mol. The quantitative estimate of drug-likeness (QED) is 0.734. The third kappa shape index (κ3) is 4.98. The molecular weight excluding hydrogens is 373 g/mol. The molecule has 7 heteroatoms. The molecule has 0 fully saturated rings. The summed E-state index contributed by atoms with van der Waals surface area (Å²) < 4.78 is 23.9. The maximum absolute atomic E-state index is 13.2. The van der Waals surface area contributed by atoms with E-state index in [9.17, 15) is 14.0 Å². The van der Waals surface area contributed by atoms with Crippen LogP contribution in [0.5, 0.6) is 5.75 Å². The van der Waals surface area contributed by atoms with Crippen molar-refractivity contribution in [2.45, 2.75) is 13.0 Å². The van der Waals surface area contributed by atoms with Crippen molar-refractivity contribution in [3.63, 3.8) is 0 Å². The van der Waals surface area contributed by atoms with Crippen molar-refractivity contribution in [3.05, 3.63) is 64.4 Å². The Kier molecular flexibility index (Phi) is 5.96. The molecule has 2 aromatic carbocycles. The summed E-state index contributed by atoms with van der Waals surface area (Å²) in [5, 5.41) is 0.570. The van der Waals surface area contributed by atoms with E-state index in [0.29, 0.717) is 22.8 Å². The topological polar surface area (TPSA) is 55.8 Å². The molecule has 27 heavy (non-hydrogen) atoms. The third-order valence-corrected chi connectivity index (χ3v) is 4.57. The Labute approximate surface area is 161 Å². The van der Waals surface area contributed by atoms with E-state index in [1.165, 1.54) is 17.0 Å². The summed E-state index contributed by atoms with van der Waals surface area (Å²) in [6.07, 6.45) is 0.446. The molecule has 0 aliphatic carbocycles. The van der Waals surface area contributed by atoms with Crippen molar-refractivity contribution < 1.29 is 23.5 Å². The number of fused-ring (bicyclic) bond motifs is 1. The molecule has 0 bridgehead atoms. The fourth-order valence-electron chi connectivity index (χ4n) is 2.87. The van der Waals surface area contributed by atoms with Crippen molar-refractivity contribution in [2.75, 3.05) is 20.3 Å². The summed E-state index contributed by atoms with van der Waals surface area (Å²) >= 11 is 5.97. The number of carbonyl (C=O) groups is 2. The van der Waals surface area contributed by atoms with E-state index in [2.05, 4.69) is 0 Å². The predicted octanol–water partition coefficient (Wildman–Crippen LogP) is 3.23. The van der Waals surface area contributed by atoms with Gasteiger partial charge in [-0.2, -0.15) is 0 Å². The lowest BCUT2D eigenvalue weighted by Crippen LogP contribution is -2.34. The van der Waals surface area contributed by atoms with Crippen LogP contribution in [0, 0.1) is 11.7 Å². The fraction of sp³-hybridized carbons (Fsp3) is 0.300. The number of hydrogen-bond acceptors (Lipinski definition) is 4. The highest BCUT2D eigenvalue weighted by molar-refractivity contribution is 6.30. The molecule has 0 aromatic heterocycles. The van der Waals surface area contributed by atoms with Crippen LogP contribution < -0.4 is 4.74 Å². The first kappa shape index (κ1) is 19.2. The van der Waals surface area contributed by atoms with Crippen molar-refractivity contribution >= 4 is 23.5 Å². The fourth-order valence-corrected chi connectivity index (χ4v) is 3.07. The maximum atomic E-state index is 13.2. The van der Waals surface area contributed by atoms with Crippen LogP contribution in [-0.2, 0) is 27.3 Å². The van der Waals surface area contributed by atoms with Gasteiger partial charge >= 0.3 is 5.97 Å². The molecule has 1 amide bonds. The van der Waals surface area contributed by atoms with E-state index in [-0.39, 0.29) is 31.5 Å². The molecule has 0 saturated carbocycles. The standard InChI is InChI=1S/C20H19ClFNO4/c1-23(10-13-3-2-4-17(22)7-13)19(24)12-27-20(25)15-8-14-9-16(21)5-6-18(14)26-11-15/h2-7,9,15H,8,10-12H2,1H3. The minimum absolute atomic E-state index is 0.195. The molecule has 0 saturated heterocycles. The Hall–Kier alpha value is -2.60.